The van der Waals surface area contributed by atoms with E-state index in [0.717, 1.165) is 56.7 Å². The molecular weight excluding hydrogens is 416 g/mol. The minimum atomic E-state index is -0.763. The molecule has 2 atom stereocenters. The van der Waals surface area contributed by atoms with E-state index in [4.69, 9.17) is 4.98 Å². The Bertz CT molecular complexity index is 1600. The molecule has 34 heavy (non-hydrogen) atoms. The maximum atomic E-state index is 11.7. The van der Waals surface area contributed by atoms with Gasteiger partial charge in [0, 0.05) is 22.4 Å². The topological polar surface area (TPSA) is 38.0 Å². The van der Waals surface area contributed by atoms with E-state index in [0.29, 0.717) is 0 Å². The van der Waals surface area contributed by atoms with Gasteiger partial charge in [-0.15, -0.1) is 0 Å². The average Bonchev–Trinajstić information content (AvgIpc) is 3.28. The monoisotopic (exact) mass is 440 g/mol. The lowest BCUT2D eigenvalue weighted by Crippen LogP contribution is -2.20. The Morgan fingerprint density at radius 1 is 0.824 bits per heavy atom. The molecule has 0 fully saturated rings. The van der Waals surface area contributed by atoms with E-state index >= 15 is 0 Å². The van der Waals surface area contributed by atoms with Crippen LogP contribution in [-0.2, 0) is 0 Å². The Labute approximate surface area is 198 Å². The van der Waals surface area contributed by atoms with Gasteiger partial charge in [0.05, 0.1) is 11.4 Å². The van der Waals surface area contributed by atoms with Crippen LogP contribution in [0.2, 0.25) is 0 Å². The van der Waals surface area contributed by atoms with Gasteiger partial charge < -0.3 is 5.11 Å². The van der Waals surface area contributed by atoms with Crippen molar-refractivity contribution in [2.45, 2.75) is 25.5 Å². The zero-order valence-corrected chi connectivity index (χ0v) is 18.9. The molecule has 3 heteroatoms. The second kappa shape index (κ2) is 7.28. The highest BCUT2D eigenvalue weighted by atomic mass is 16.3. The van der Waals surface area contributed by atoms with E-state index in [9.17, 15) is 5.11 Å². The highest BCUT2D eigenvalue weighted by Crippen LogP contribution is 2.47. The zero-order chi connectivity index (χ0) is 22.8. The Morgan fingerprint density at radius 3 is 2.32 bits per heavy atom. The smallest absolute Gasteiger partial charge is 0.159 e. The molecule has 1 N–H and O–H groups in total. The maximum absolute atomic E-state index is 11.7. The fourth-order valence-corrected chi connectivity index (χ4v) is 5.79. The summed E-state index contributed by atoms with van der Waals surface area (Å²) in [6.07, 6.45) is 2.38. The van der Waals surface area contributed by atoms with Crippen LogP contribution in [0.25, 0.3) is 44.9 Å². The van der Waals surface area contributed by atoms with Gasteiger partial charge in [-0.05, 0) is 52.3 Å². The Balaban J connectivity index is 1.46. The van der Waals surface area contributed by atoms with Crippen LogP contribution in [-0.4, -0.2) is 14.7 Å². The summed E-state index contributed by atoms with van der Waals surface area (Å²) >= 11 is 0. The van der Waals surface area contributed by atoms with E-state index in [1.165, 1.54) is 11.1 Å². The Morgan fingerprint density at radius 2 is 1.56 bits per heavy atom. The van der Waals surface area contributed by atoms with Gasteiger partial charge >= 0.3 is 0 Å². The van der Waals surface area contributed by atoms with Crippen molar-refractivity contribution in [2.75, 3.05) is 0 Å². The number of hydrogen-bond acceptors (Lipinski definition) is 2. The summed E-state index contributed by atoms with van der Waals surface area (Å²) in [4.78, 5) is 5.10. The number of hydrogen-bond donors (Lipinski definition) is 1. The summed E-state index contributed by atoms with van der Waals surface area (Å²) in [6, 6.07) is 31.7. The highest BCUT2D eigenvalue weighted by molar-refractivity contribution is 6.02. The molecule has 0 spiro atoms. The summed E-state index contributed by atoms with van der Waals surface area (Å²) in [5, 5.41) is 14.0. The second-order valence-electron chi connectivity index (χ2n) is 9.43. The van der Waals surface area contributed by atoms with Crippen LogP contribution in [0.15, 0.2) is 91.0 Å². The van der Waals surface area contributed by atoms with E-state index < -0.39 is 6.23 Å². The molecule has 1 aliphatic carbocycles. The summed E-state index contributed by atoms with van der Waals surface area (Å²) in [5.74, 6) is 1.12. The Kier molecular flexibility index (Phi) is 4.18. The molecule has 4 aromatic carbocycles. The zero-order valence-electron chi connectivity index (χ0n) is 18.9. The van der Waals surface area contributed by atoms with Gasteiger partial charge in [-0.25, -0.2) is 4.98 Å². The average molecular weight is 441 g/mol. The summed E-state index contributed by atoms with van der Waals surface area (Å²) in [7, 11) is 0. The number of aliphatic hydroxyl groups excluding tert-OH is 1. The molecule has 7 rings (SSSR count). The molecule has 2 unspecified atom stereocenters. The van der Waals surface area contributed by atoms with Crippen molar-refractivity contribution in [1.29, 1.82) is 0 Å². The number of fused-ring (bicyclic) bond motifs is 4. The first-order valence-corrected chi connectivity index (χ1v) is 11.9. The molecule has 164 valence electrons. The van der Waals surface area contributed by atoms with Crippen molar-refractivity contribution in [2.24, 2.45) is 0 Å². The normalized spacial score (nSPS) is 18.4. The van der Waals surface area contributed by atoms with E-state index in [2.05, 4.69) is 102 Å². The number of nitrogens with zero attached hydrogens (tertiary/aromatic N) is 2. The minimum Gasteiger partial charge on any atom is -0.369 e. The predicted octanol–water partition coefficient (Wildman–Crippen LogP) is 7.27. The molecule has 0 bridgehead atoms. The lowest BCUT2D eigenvalue weighted by molar-refractivity contribution is 0.144. The molecule has 0 saturated heterocycles. The molecule has 1 aromatic heterocycles. The van der Waals surface area contributed by atoms with E-state index in [1.807, 2.05) is 6.07 Å². The quantitative estimate of drug-likeness (QED) is 0.313. The van der Waals surface area contributed by atoms with Crippen molar-refractivity contribution in [1.82, 2.24) is 9.55 Å². The number of rotatable bonds is 2. The van der Waals surface area contributed by atoms with Crippen LogP contribution in [0.3, 0.4) is 0 Å². The van der Waals surface area contributed by atoms with Crippen LogP contribution < -0.4 is 0 Å². The number of benzene rings is 4. The van der Waals surface area contributed by atoms with Crippen molar-refractivity contribution in [3.05, 3.63) is 114 Å². The standard InChI is InChI=1S/C31H24N2O/c1-19-15-23(20-9-4-2-5-10-20)18-27-29(19)33-30(32-27)25-14-8-13-22-16-24(21-11-6-3-7-12-21)17-26(28(22)25)31(33)34/h2-14,16-19,31,34H,15H2,1H3. The summed E-state index contributed by atoms with van der Waals surface area (Å²) < 4.78 is 2.07. The number of imidazole rings is 1. The van der Waals surface area contributed by atoms with Crippen molar-refractivity contribution in [3.63, 3.8) is 0 Å². The van der Waals surface area contributed by atoms with Gasteiger partial charge in [0.2, 0.25) is 0 Å². The number of aromatic nitrogens is 2. The molecule has 5 aromatic rings. The minimum absolute atomic E-state index is 0.254. The molecule has 0 saturated carbocycles. The van der Waals surface area contributed by atoms with Crippen molar-refractivity contribution < 1.29 is 5.11 Å². The van der Waals surface area contributed by atoms with Crippen molar-refractivity contribution >= 4 is 22.4 Å². The van der Waals surface area contributed by atoms with Gasteiger partial charge in [-0.2, -0.15) is 0 Å². The molecule has 2 aliphatic rings. The first-order valence-electron chi connectivity index (χ1n) is 11.9. The van der Waals surface area contributed by atoms with Gasteiger partial charge in [0.1, 0.15) is 5.82 Å². The fourth-order valence-electron chi connectivity index (χ4n) is 5.79. The molecule has 0 radical (unpaired) electrons. The molecule has 0 amide bonds. The van der Waals surface area contributed by atoms with E-state index in [-0.39, 0.29) is 5.92 Å². The lowest BCUT2D eigenvalue weighted by Gasteiger charge is -2.29. The third kappa shape index (κ3) is 2.77. The number of allylic oxidation sites excluding steroid dienone is 1. The van der Waals surface area contributed by atoms with Gasteiger partial charge in [-0.1, -0.05) is 85.8 Å². The maximum Gasteiger partial charge on any atom is 0.159 e. The largest absolute Gasteiger partial charge is 0.369 e. The molecular formula is C31H24N2O. The van der Waals surface area contributed by atoms with Crippen LogP contribution in [0.4, 0.5) is 0 Å². The molecule has 3 nitrogen and oxygen atoms in total. The summed E-state index contributed by atoms with van der Waals surface area (Å²) in [5.41, 5.74) is 8.95. The van der Waals surface area contributed by atoms with Gasteiger partial charge in [0.15, 0.2) is 6.23 Å². The van der Waals surface area contributed by atoms with E-state index in [1.54, 1.807) is 0 Å². The number of aliphatic hydroxyl groups is 1. The lowest BCUT2D eigenvalue weighted by atomic mass is 9.86. The van der Waals surface area contributed by atoms with Crippen LogP contribution in [0, 0.1) is 0 Å². The SMILES string of the molecule is CC1CC(c2ccccc2)=Cc2nc3n(c21)C(O)c1cc(-c2ccccc2)cc2cccc-3c12. The summed E-state index contributed by atoms with van der Waals surface area (Å²) in [6.45, 7) is 2.24. The molecule has 1 aliphatic heterocycles. The predicted molar refractivity (Wildman–Crippen MR) is 138 cm³/mol. The van der Waals surface area contributed by atoms with Crippen LogP contribution in [0.5, 0.6) is 0 Å². The first-order chi connectivity index (χ1) is 16.7. The first kappa shape index (κ1) is 19.5. The third-order valence-corrected chi connectivity index (χ3v) is 7.30. The molecule has 2 heterocycles. The van der Waals surface area contributed by atoms with Crippen molar-refractivity contribution in [3.8, 4) is 22.5 Å². The second-order valence-corrected chi connectivity index (χ2v) is 9.43. The highest BCUT2D eigenvalue weighted by Gasteiger charge is 2.34. The van der Waals surface area contributed by atoms with Gasteiger partial charge in [0.25, 0.3) is 0 Å². The van der Waals surface area contributed by atoms with Crippen LogP contribution in [0.1, 0.15) is 48.0 Å². The fraction of sp³-hybridized carbons (Fsp3) is 0.129. The Hall–Kier alpha value is -3.95. The third-order valence-electron chi connectivity index (χ3n) is 7.30. The van der Waals surface area contributed by atoms with Crippen LogP contribution >= 0.6 is 0 Å². The van der Waals surface area contributed by atoms with Gasteiger partial charge in [-0.3, -0.25) is 4.57 Å².